The summed E-state index contributed by atoms with van der Waals surface area (Å²) in [5.41, 5.74) is 1.07. The van der Waals surface area contributed by atoms with Crippen LogP contribution in [0.25, 0.3) is 0 Å². The van der Waals surface area contributed by atoms with E-state index in [1.807, 2.05) is 13.0 Å². The maximum absolute atomic E-state index is 12.4. The van der Waals surface area contributed by atoms with Crippen molar-refractivity contribution in [2.24, 2.45) is 11.8 Å². The lowest BCUT2D eigenvalue weighted by Crippen LogP contribution is -2.34. The summed E-state index contributed by atoms with van der Waals surface area (Å²) in [5.74, 6) is -2.70. The van der Waals surface area contributed by atoms with Gasteiger partial charge in [-0.15, -0.1) is 0 Å². The molecule has 0 aliphatic heterocycles. The number of carbonyl (C=O) groups is 3. The lowest BCUT2D eigenvalue weighted by atomic mass is 9.82. The predicted molar refractivity (Wildman–Crippen MR) is 90.7 cm³/mol. The number of anilines is 1. The highest BCUT2D eigenvalue weighted by Gasteiger charge is 2.33. The Balaban J connectivity index is 2.00. The standard InChI is InChI=1S/C18H22N2O4/c1-2-11-19-16(21)12-7-9-13(10-8-12)20-17(22)14-5-3-4-6-15(14)18(23)24/h3-4,7-10,14-15H,2,5-6,11H2,1H3,(H,19,21)(H,20,22)(H,23,24)/t14-,15+/m1/s1. The van der Waals surface area contributed by atoms with Gasteiger partial charge in [-0.3, -0.25) is 14.4 Å². The van der Waals surface area contributed by atoms with Crippen molar-refractivity contribution in [3.63, 3.8) is 0 Å². The molecule has 0 radical (unpaired) electrons. The minimum Gasteiger partial charge on any atom is -0.481 e. The van der Waals surface area contributed by atoms with E-state index in [0.29, 0.717) is 30.6 Å². The summed E-state index contributed by atoms with van der Waals surface area (Å²) in [6.07, 6.45) is 5.28. The molecule has 6 nitrogen and oxygen atoms in total. The van der Waals surface area contributed by atoms with Crippen LogP contribution in [-0.4, -0.2) is 29.4 Å². The lowest BCUT2D eigenvalue weighted by Gasteiger charge is -2.24. The molecule has 1 aliphatic rings. The van der Waals surface area contributed by atoms with Crippen molar-refractivity contribution in [1.82, 2.24) is 5.32 Å². The third-order valence-corrected chi connectivity index (χ3v) is 4.04. The molecule has 0 heterocycles. The Kier molecular flexibility index (Phi) is 6.12. The number of hydrogen-bond acceptors (Lipinski definition) is 3. The fourth-order valence-electron chi connectivity index (χ4n) is 2.66. The Labute approximate surface area is 140 Å². The summed E-state index contributed by atoms with van der Waals surface area (Å²) in [5, 5.41) is 14.8. The fraction of sp³-hybridized carbons (Fsp3) is 0.389. The molecule has 2 amide bonds. The van der Waals surface area contributed by atoms with Crippen molar-refractivity contribution in [2.45, 2.75) is 26.2 Å². The number of nitrogens with one attached hydrogen (secondary N) is 2. The van der Waals surface area contributed by atoms with E-state index in [1.165, 1.54) is 0 Å². The van der Waals surface area contributed by atoms with Crippen LogP contribution in [0.15, 0.2) is 36.4 Å². The van der Waals surface area contributed by atoms with Crippen molar-refractivity contribution in [2.75, 3.05) is 11.9 Å². The lowest BCUT2D eigenvalue weighted by molar-refractivity contribution is -0.146. The number of carboxylic acids is 1. The number of hydrogen-bond donors (Lipinski definition) is 3. The number of rotatable bonds is 6. The van der Waals surface area contributed by atoms with E-state index in [1.54, 1.807) is 30.3 Å². The van der Waals surface area contributed by atoms with Gasteiger partial charge >= 0.3 is 5.97 Å². The molecule has 0 unspecified atom stereocenters. The molecule has 0 spiro atoms. The quantitative estimate of drug-likeness (QED) is 0.698. The molecule has 24 heavy (non-hydrogen) atoms. The summed E-state index contributed by atoms with van der Waals surface area (Å²) < 4.78 is 0. The second-order valence-corrected chi connectivity index (χ2v) is 5.82. The molecule has 1 aliphatic carbocycles. The Morgan fingerprint density at radius 2 is 1.71 bits per heavy atom. The molecule has 0 fully saturated rings. The largest absolute Gasteiger partial charge is 0.481 e. The second-order valence-electron chi connectivity index (χ2n) is 5.82. The number of allylic oxidation sites excluding steroid dienone is 2. The first-order valence-corrected chi connectivity index (χ1v) is 8.10. The van der Waals surface area contributed by atoms with Gasteiger partial charge in [0.05, 0.1) is 11.8 Å². The Hall–Kier alpha value is -2.63. The van der Waals surface area contributed by atoms with Crippen LogP contribution in [0.3, 0.4) is 0 Å². The molecule has 1 aromatic rings. The van der Waals surface area contributed by atoms with Crippen LogP contribution in [0.1, 0.15) is 36.5 Å². The van der Waals surface area contributed by atoms with E-state index in [0.717, 1.165) is 6.42 Å². The number of benzene rings is 1. The van der Waals surface area contributed by atoms with Gasteiger partial charge in [0.2, 0.25) is 5.91 Å². The molecule has 0 aromatic heterocycles. The number of aliphatic carboxylic acids is 1. The monoisotopic (exact) mass is 330 g/mol. The summed E-state index contributed by atoms with van der Waals surface area (Å²) in [7, 11) is 0. The smallest absolute Gasteiger partial charge is 0.307 e. The number of amides is 2. The van der Waals surface area contributed by atoms with E-state index >= 15 is 0 Å². The first kappa shape index (κ1) is 17.7. The number of carbonyl (C=O) groups excluding carboxylic acids is 2. The van der Waals surface area contributed by atoms with Crippen LogP contribution in [0, 0.1) is 11.8 Å². The van der Waals surface area contributed by atoms with Crippen molar-refractivity contribution < 1.29 is 19.5 Å². The molecule has 3 N–H and O–H groups in total. The van der Waals surface area contributed by atoms with Gasteiger partial charge < -0.3 is 15.7 Å². The molecule has 2 rings (SSSR count). The van der Waals surface area contributed by atoms with Crippen LogP contribution >= 0.6 is 0 Å². The van der Waals surface area contributed by atoms with Crippen LogP contribution in [0.2, 0.25) is 0 Å². The van der Waals surface area contributed by atoms with Crippen LogP contribution in [-0.2, 0) is 9.59 Å². The Morgan fingerprint density at radius 3 is 2.29 bits per heavy atom. The summed E-state index contributed by atoms with van der Waals surface area (Å²) in [4.78, 5) is 35.5. The molecular formula is C18H22N2O4. The van der Waals surface area contributed by atoms with Crippen LogP contribution < -0.4 is 10.6 Å². The number of carboxylic acid groups (broad SMARTS) is 1. The van der Waals surface area contributed by atoms with E-state index in [9.17, 15) is 19.5 Å². The first-order valence-electron chi connectivity index (χ1n) is 8.10. The van der Waals surface area contributed by atoms with Gasteiger partial charge in [0.1, 0.15) is 0 Å². The highest BCUT2D eigenvalue weighted by Crippen LogP contribution is 2.27. The molecule has 1 aromatic carbocycles. The van der Waals surface area contributed by atoms with Gasteiger partial charge in [-0.2, -0.15) is 0 Å². The Bertz CT molecular complexity index is 637. The third-order valence-electron chi connectivity index (χ3n) is 4.04. The average Bonchev–Trinajstić information content (AvgIpc) is 2.60. The van der Waals surface area contributed by atoms with Crippen LogP contribution in [0.5, 0.6) is 0 Å². The zero-order valence-corrected chi connectivity index (χ0v) is 13.6. The predicted octanol–water partition coefficient (Wildman–Crippen LogP) is 2.43. The van der Waals surface area contributed by atoms with Crippen molar-refractivity contribution in [3.8, 4) is 0 Å². The molecule has 0 saturated heterocycles. The third kappa shape index (κ3) is 4.44. The second kappa shape index (κ2) is 8.29. The SMILES string of the molecule is CCCNC(=O)c1ccc(NC(=O)[C@@H]2CC=CC[C@@H]2C(=O)O)cc1. The van der Waals surface area contributed by atoms with Crippen molar-refractivity contribution in [1.29, 1.82) is 0 Å². The minimum absolute atomic E-state index is 0.155. The van der Waals surface area contributed by atoms with E-state index in [-0.39, 0.29) is 11.8 Å². The molecular weight excluding hydrogens is 308 g/mol. The van der Waals surface area contributed by atoms with Gasteiger partial charge in [-0.05, 0) is 43.5 Å². The van der Waals surface area contributed by atoms with E-state index in [2.05, 4.69) is 10.6 Å². The summed E-state index contributed by atoms with van der Waals surface area (Å²) >= 11 is 0. The van der Waals surface area contributed by atoms with Gasteiger partial charge in [0, 0.05) is 17.8 Å². The highest BCUT2D eigenvalue weighted by atomic mass is 16.4. The van der Waals surface area contributed by atoms with Crippen molar-refractivity contribution in [3.05, 3.63) is 42.0 Å². The fourth-order valence-corrected chi connectivity index (χ4v) is 2.66. The highest BCUT2D eigenvalue weighted by molar-refractivity contribution is 5.97. The summed E-state index contributed by atoms with van der Waals surface area (Å²) in [6.45, 7) is 2.59. The van der Waals surface area contributed by atoms with Gasteiger partial charge in [-0.1, -0.05) is 19.1 Å². The van der Waals surface area contributed by atoms with E-state index in [4.69, 9.17) is 0 Å². The Morgan fingerprint density at radius 1 is 1.08 bits per heavy atom. The maximum atomic E-state index is 12.4. The zero-order chi connectivity index (χ0) is 17.5. The zero-order valence-electron chi connectivity index (χ0n) is 13.6. The first-order chi connectivity index (χ1) is 11.5. The molecule has 6 heteroatoms. The summed E-state index contributed by atoms with van der Waals surface area (Å²) in [6, 6.07) is 6.56. The molecule has 0 bridgehead atoms. The average molecular weight is 330 g/mol. The van der Waals surface area contributed by atoms with Crippen molar-refractivity contribution >= 4 is 23.5 Å². The molecule has 2 atom stereocenters. The molecule has 0 saturated carbocycles. The minimum atomic E-state index is -0.956. The van der Waals surface area contributed by atoms with Gasteiger partial charge in [0.25, 0.3) is 5.91 Å². The maximum Gasteiger partial charge on any atom is 0.307 e. The normalized spacial score (nSPS) is 19.5. The van der Waals surface area contributed by atoms with Crippen LogP contribution in [0.4, 0.5) is 5.69 Å². The van der Waals surface area contributed by atoms with Gasteiger partial charge in [0.15, 0.2) is 0 Å². The van der Waals surface area contributed by atoms with Gasteiger partial charge in [-0.25, -0.2) is 0 Å². The van der Waals surface area contributed by atoms with E-state index < -0.39 is 17.8 Å². The topological polar surface area (TPSA) is 95.5 Å². The molecule has 128 valence electrons.